The van der Waals surface area contributed by atoms with Crippen LogP contribution in [-0.4, -0.2) is 38.7 Å². The van der Waals surface area contributed by atoms with E-state index in [0.717, 1.165) is 12.1 Å². The second-order valence-corrected chi connectivity index (χ2v) is 10.1. The summed E-state index contributed by atoms with van der Waals surface area (Å²) in [6.07, 6.45) is -10.1. The van der Waals surface area contributed by atoms with Gasteiger partial charge in [-0.25, -0.2) is 4.68 Å². The molecule has 218 valence electrons. The molecule has 0 saturated carbocycles. The fourth-order valence-corrected chi connectivity index (χ4v) is 4.77. The van der Waals surface area contributed by atoms with Crippen molar-refractivity contribution >= 4 is 40.8 Å². The third kappa shape index (κ3) is 6.67. The van der Waals surface area contributed by atoms with Gasteiger partial charge in [0.25, 0.3) is 11.5 Å². The fraction of sp³-hybridized carbons (Fsp3) is 0.308. The standard InChI is InChI=1S/C26H21Cl2F6N5O2/c1-3-8-39-21(6-7-25(29,30)31)35-23(37-39)36-22(40)19-5-4-15(9-14(19)2)20-13-24(41-38-20,26(32,33)34)16-10-17(27)12-18(28)11-16/h3-5,9-12H,1,6-8,13H2,2H3,(H,36,37,40). The number of carbonyl (C=O) groups is 1. The zero-order valence-electron chi connectivity index (χ0n) is 21.2. The van der Waals surface area contributed by atoms with E-state index in [1.54, 1.807) is 6.92 Å². The van der Waals surface area contributed by atoms with Crippen molar-refractivity contribution in [2.24, 2.45) is 5.16 Å². The van der Waals surface area contributed by atoms with Gasteiger partial charge >= 0.3 is 12.4 Å². The molecule has 7 nitrogen and oxygen atoms in total. The van der Waals surface area contributed by atoms with Gasteiger partial charge in [-0.2, -0.15) is 31.3 Å². The molecule has 2 aromatic carbocycles. The number of nitrogens with one attached hydrogen (secondary N) is 1. The highest BCUT2D eigenvalue weighted by Gasteiger charge is 2.62. The highest BCUT2D eigenvalue weighted by molar-refractivity contribution is 6.34. The number of amides is 1. The number of rotatable bonds is 8. The number of benzene rings is 2. The molecule has 41 heavy (non-hydrogen) atoms. The maximum absolute atomic E-state index is 14.3. The average molecular weight is 620 g/mol. The summed E-state index contributed by atoms with van der Waals surface area (Å²) in [4.78, 5) is 21.9. The Morgan fingerprint density at radius 3 is 2.41 bits per heavy atom. The highest BCUT2D eigenvalue weighted by atomic mass is 35.5. The Bertz CT molecular complexity index is 1500. The fourth-order valence-electron chi connectivity index (χ4n) is 4.25. The molecule has 1 aliphatic rings. The lowest BCUT2D eigenvalue weighted by Gasteiger charge is -2.29. The molecule has 1 amide bonds. The van der Waals surface area contributed by atoms with Crippen LogP contribution in [0, 0.1) is 6.92 Å². The van der Waals surface area contributed by atoms with Crippen LogP contribution in [0.3, 0.4) is 0 Å². The Hall–Kier alpha value is -3.58. The lowest BCUT2D eigenvalue weighted by molar-refractivity contribution is -0.275. The van der Waals surface area contributed by atoms with Gasteiger partial charge in [-0.15, -0.1) is 11.7 Å². The highest BCUT2D eigenvalue weighted by Crippen LogP contribution is 2.49. The molecule has 0 aliphatic carbocycles. The Balaban J connectivity index is 1.54. The topological polar surface area (TPSA) is 81.4 Å². The second-order valence-electron chi connectivity index (χ2n) is 9.21. The number of allylic oxidation sites excluding steroid dienone is 1. The molecule has 4 rings (SSSR count). The third-order valence-corrected chi connectivity index (χ3v) is 6.66. The normalized spacial score (nSPS) is 17.2. The van der Waals surface area contributed by atoms with Crippen LogP contribution in [0.5, 0.6) is 0 Å². The minimum absolute atomic E-state index is 0.00401. The van der Waals surface area contributed by atoms with E-state index in [9.17, 15) is 31.1 Å². The Morgan fingerprint density at radius 2 is 1.83 bits per heavy atom. The Kier molecular flexibility index (Phi) is 8.42. The minimum Gasteiger partial charge on any atom is -0.374 e. The van der Waals surface area contributed by atoms with Crippen LogP contribution in [-0.2, 0) is 23.4 Å². The summed E-state index contributed by atoms with van der Waals surface area (Å²) < 4.78 is 82.1. The molecule has 1 unspecified atom stereocenters. The lowest BCUT2D eigenvalue weighted by Crippen LogP contribution is -2.42. The van der Waals surface area contributed by atoms with Gasteiger partial charge in [0, 0.05) is 34.0 Å². The van der Waals surface area contributed by atoms with Gasteiger partial charge in [-0.05, 0) is 48.4 Å². The SMILES string of the molecule is C=CCn1nc(NC(=O)c2ccc(C3=NOC(c4cc(Cl)cc(Cl)c4)(C(F)(F)F)C3)cc2C)nc1CCC(F)(F)F. The van der Waals surface area contributed by atoms with Gasteiger partial charge in [0.15, 0.2) is 0 Å². The number of anilines is 1. The van der Waals surface area contributed by atoms with Crippen molar-refractivity contribution in [3.63, 3.8) is 0 Å². The van der Waals surface area contributed by atoms with E-state index >= 15 is 0 Å². The molecule has 2 heterocycles. The second kappa shape index (κ2) is 11.4. The Labute approximate surface area is 239 Å². The van der Waals surface area contributed by atoms with Crippen LogP contribution >= 0.6 is 23.2 Å². The molecule has 1 aromatic heterocycles. The number of aryl methyl sites for hydroxylation is 2. The molecule has 0 spiro atoms. The summed E-state index contributed by atoms with van der Waals surface area (Å²) >= 11 is 11.9. The number of carbonyl (C=O) groups excluding carboxylic acids is 1. The molecule has 15 heteroatoms. The van der Waals surface area contributed by atoms with E-state index in [4.69, 9.17) is 28.0 Å². The minimum atomic E-state index is -4.87. The van der Waals surface area contributed by atoms with E-state index < -0.39 is 43.1 Å². The van der Waals surface area contributed by atoms with E-state index in [1.165, 1.54) is 35.0 Å². The van der Waals surface area contributed by atoms with Crippen molar-refractivity contribution in [2.75, 3.05) is 5.32 Å². The van der Waals surface area contributed by atoms with Crippen LogP contribution in [0.4, 0.5) is 32.3 Å². The van der Waals surface area contributed by atoms with E-state index in [1.807, 2.05) is 0 Å². The van der Waals surface area contributed by atoms with Gasteiger partial charge < -0.3 is 4.84 Å². The summed E-state index contributed by atoms with van der Waals surface area (Å²) in [5.74, 6) is -0.866. The quantitative estimate of drug-likeness (QED) is 0.210. The molecule has 0 radical (unpaired) electrons. The van der Waals surface area contributed by atoms with Gasteiger partial charge in [0.1, 0.15) is 5.82 Å². The maximum atomic E-state index is 14.3. The number of halogens is 8. The van der Waals surface area contributed by atoms with Crippen LogP contribution in [0.25, 0.3) is 0 Å². The average Bonchev–Trinajstić information content (AvgIpc) is 3.47. The summed E-state index contributed by atoms with van der Waals surface area (Å²) in [6.45, 7) is 5.17. The van der Waals surface area contributed by atoms with Gasteiger partial charge in [-0.1, -0.05) is 40.5 Å². The number of hydrogen-bond acceptors (Lipinski definition) is 5. The molecular weight excluding hydrogens is 599 g/mol. The van der Waals surface area contributed by atoms with Crippen molar-refractivity contribution in [1.82, 2.24) is 14.8 Å². The molecule has 1 atom stereocenters. The first-order valence-corrected chi connectivity index (χ1v) is 12.7. The molecule has 1 N–H and O–H groups in total. The maximum Gasteiger partial charge on any atom is 0.435 e. The largest absolute Gasteiger partial charge is 0.435 e. The van der Waals surface area contributed by atoms with Crippen molar-refractivity contribution in [1.29, 1.82) is 0 Å². The first-order valence-electron chi connectivity index (χ1n) is 11.9. The molecule has 0 fully saturated rings. The first kappa shape index (κ1) is 30.4. The summed E-state index contributed by atoms with van der Waals surface area (Å²) in [5.41, 5.74) is -2.36. The number of oxime groups is 1. The van der Waals surface area contributed by atoms with Gasteiger partial charge in [-0.3, -0.25) is 10.1 Å². The van der Waals surface area contributed by atoms with Gasteiger partial charge in [0.05, 0.1) is 18.7 Å². The first-order chi connectivity index (χ1) is 19.1. The monoisotopic (exact) mass is 619 g/mol. The summed E-state index contributed by atoms with van der Waals surface area (Å²) in [5, 5.41) is 10.2. The van der Waals surface area contributed by atoms with Crippen molar-refractivity contribution in [3.05, 3.63) is 87.2 Å². The third-order valence-electron chi connectivity index (χ3n) is 6.23. The van der Waals surface area contributed by atoms with Crippen molar-refractivity contribution in [3.8, 4) is 0 Å². The zero-order valence-corrected chi connectivity index (χ0v) is 22.7. The van der Waals surface area contributed by atoms with Gasteiger partial charge in [0.2, 0.25) is 5.95 Å². The number of aromatic nitrogens is 3. The summed E-state index contributed by atoms with van der Waals surface area (Å²) in [6, 6.07) is 7.75. The predicted octanol–water partition coefficient (Wildman–Crippen LogP) is 7.41. The van der Waals surface area contributed by atoms with Crippen LogP contribution in [0.15, 0.2) is 54.2 Å². The molecule has 1 aliphatic heterocycles. The van der Waals surface area contributed by atoms with Crippen LogP contribution in [0.2, 0.25) is 10.0 Å². The van der Waals surface area contributed by atoms with Crippen LogP contribution in [0.1, 0.15) is 45.7 Å². The van der Waals surface area contributed by atoms with Crippen LogP contribution < -0.4 is 5.32 Å². The van der Waals surface area contributed by atoms with E-state index in [-0.39, 0.29) is 50.8 Å². The molecule has 0 bridgehead atoms. The van der Waals surface area contributed by atoms with E-state index in [0.29, 0.717) is 5.56 Å². The lowest BCUT2D eigenvalue weighted by atomic mass is 9.86. The molecule has 0 saturated heterocycles. The predicted molar refractivity (Wildman–Crippen MR) is 140 cm³/mol. The Morgan fingerprint density at radius 1 is 1.15 bits per heavy atom. The number of hydrogen-bond donors (Lipinski definition) is 1. The van der Waals surface area contributed by atoms with E-state index in [2.05, 4.69) is 27.1 Å². The summed E-state index contributed by atoms with van der Waals surface area (Å²) in [7, 11) is 0. The number of alkyl halides is 6. The number of nitrogens with zero attached hydrogens (tertiary/aromatic N) is 4. The molecular formula is C26H21Cl2F6N5O2. The zero-order chi connectivity index (χ0) is 30.2. The smallest absolute Gasteiger partial charge is 0.374 e. The molecule has 3 aromatic rings. The van der Waals surface area contributed by atoms with Crippen molar-refractivity contribution < 1.29 is 36.0 Å². The van der Waals surface area contributed by atoms with Crippen molar-refractivity contribution in [2.45, 2.75) is 50.7 Å².